The van der Waals surface area contributed by atoms with Crippen LogP contribution in [0.25, 0.3) is 6.08 Å². The molecule has 0 heterocycles. The molecule has 23 heavy (non-hydrogen) atoms. The van der Waals surface area contributed by atoms with Crippen LogP contribution in [0.2, 0.25) is 0 Å². The molecule has 0 fully saturated rings. The fourth-order valence-corrected chi connectivity index (χ4v) is 2.34. The lowest BCUT2D eigenvalue weighted by Crippen LogP contribution is -2.30. The van der Waals surface area contributed by atoms with Gasteiger partial charge in [-0.1, -0.05) is 56.3 Å². The van der Waals surface area contributed by atoms with E-state index in [1.54, 1.807) is 18.2 Å². The van der Waals surface area contributed by atoms with Gasteiger partial charge < -0.3 is 5.32 Å². The number of benzene rings is 2. The first kappa shape index (κ1) is 16.5. The first-order valence-corrected chi connectivity index (χ1v) is 7.64. The molecule has 0 aliphatic heterocycles. The summed E-state index contributed by atoms with van der Waals surface area (Å²) in [7, 11) is 0. The second-order valence-corrected chi connectivity index (χ2v) is 5.71. The lowest BCUT2D eigenvalue weighted by atomic mass is 9.96. The standard InChI is InChI=1S/C20H20N2O/c1-15(2)20(18-6-4-3-5-7-18)22-19(23)13-12-16-8-10-17(14-21)11-9-16/h3-13,15,20H,1-2H3,(H,22,23)/b13-12+. The number of hydrogen-bond acceptors (Lipinski definition) is 2. The summed E-state index contributed by atoms with van der Waals surface area (Å²) in [5.74, 6) is 0.168. The average Bonchev–Trinajstić information content (AvgIpc) is 2.58. The molecule has 1 amide bonds. The van der Waals surface area contributed by atoms with Crippen LogP contribution >= 0.6 is 0 Å². The Morgan fingerprint density at radius 2 is 1.74 bits per heavy atom. The van der Waals surface area contributed by atoms with Crippen LogP contribution in [0, 0.1) is 17.2 Å². The summed E-state index contributed by atoms with van der Waals surface area (Å²) in [6, 6.07) is 19.1. The fourth-order valence-electron chi connectivity index (χ4n) is 2.34. The van der Waals surface area contributed by atoms with Crippen molar-refractivity contribution < 1.29 is 4.79 Å². The lowest BCUT2D eigenvalue weighted by Gasteiger charge is -2.22. The van der Waals surface area contributed by atoms with Gasteiger partial charge in [-0.05, 0) is 35.3 Å². The van der Waals surface area contributed by atoms with Crippen molar-refractivity contribution in [1.82, 2.24) is 5.32 Å². The highest BCUT2D eigenvalue weighted by Crippen LogP contribution is 2.21. The lowest BCUT2D eigenvalue weighted by molar-refractivity contribution is -0.117. The van der Waals surface area contributed by atoms with Crippen molar-refractivity contribution in [2.45, 2.75) is 19.9 Å². The van der Waals surface area contributed by atoms with E-state index >= 15 is 0 Å². The van der Waals surface area contributed by atoms with E-state index in [4.69, 9.17) is 5.26 Å². The molecule has 3 heteroatoms. The van der Waals surface area contributed by atoms with Crippen molar-refractivity contribution in [3.05, 3.63) is 77.4 Å². The molecule has 0 saturated heterocycles. The van der Waals surface area contributed by atoms with Crippen LogP contribution in [-0.2, 0) is 4.79 Å². The van der Waals surface area contributed by atoms with Gasteiger partial charge >= 0.3 is 0 Å². The van der Waals surface area contributed by atoms with E-state index in [-0.39, 0.29) is 11.9 Å². The minimum atomic E-state index is -0.128. The van der Waals surface area contributed by atoms with Gasteiger partial charge in [-0.15, -0.1) is 0 Å². The molecule has 0 spiro atoms. The van der Waals surface area contributed by atoms with Gasteiger partial charge in [0.1, 0.15) is 0 Å². The van der Waals surface area contributed by atoms with Gasteiger partial charge in [-0.2, -0.15) is 5.26 Å². The molecule has 1 N–H and O–H groups in total. The number of carbonyl (C=O) groups excluding carboxylic acids is 1. The summed E-state index contributed by atoms with van der Waals surface area (Å²) in [6.45, 7) is 4.17. The molecule has 1 unspecified atom stereocenters. The molecule has 0 saturated carbocycles. The minimum Gasteiger partial charge on any atom is -0.345 e. The van der Waals surface area contributed by atoms with E-state index in [0.717, 1.165) is 11.1 Å². The molecular weight excluding hydrogens is 284 g/mol. The van der Waals surface area contributed by atoms with Gasteiger partial charge in [0.25, 0.3) is 0 Å². The van der Waals surface area contributed by atoms with Gasteiger partial charge in [0.2, 0.25) is 5.91 Å². The Balaban J connectivity index is 2.04. The van der Waals surface area contributed by atoms with Crippen molar-refractivity contribution in [3.63, 3.8) is 0 Å². The maximum atomic E-state index is 12.2. The Morgan fingerprint density at radius 1 is 1.09 bits per heavy atom. The minimum absolute atomic E-state index is 0.0192. The third kappa shape index (κ3) is 4.82. The van der Waals surface area contributed by atoms with Crippen LogP contribution in [0.15, 0.2) is 60.7 Å². The van der Waals surface area contributed by atoms with Crippen molar-refractivity contribution in [1.29, 1.82) is 5.26 Å². The number of nitrogens with zero attached hydrogens (tertiary/aromatic N) is 1. The first-order chi connectivity index (χ1) is 11.1. The highest BCUT2D eigenvalue weighted by Gasteiger charge is 2.16. The third-order valence-electron chi connectivity index (χ3n) is 3.59. The number of amides is 1. The zero-order chi connectivity index (χ0) is 16.7. The summed E-state index contributed by atoms with van der Waals surface area (Å²) in [4.78, 5) is 12.2. The largest absolute Gasteiger partial charge is 0.345 e. The summed E-state index contributed by atoms with van der Waals surface area (Å²) >= 11 is 0. The molecule has 0 aromatic heterocycles. The molecule has 1 atom stereocenters. The fraction of sp³-hybridized carbons (Fsp3) is 0.200. The summed E-state index contributed by atoms with van der Waals surface area (Å²) < 4.78 is 0. The average molecular weight is 304 g/mol. The Hall–Kier alpha value is -2.86. The molecule has 0 aliphatic rings. The highest BCUT2D eigenvalue weighted by molar-refractivity contribution is 5.92. The van der Waals surface area contributed by atoms with E-state index < -0.39 is 0 Å². The van der Waals surface area contributed by atoms with Crippen molar-refractivity contribution in [2.75, 3.05) is 0 Å². The quantitative estimate of drug-likeness (QED) is 0.846. The zero-order valence-electron chi connectivity index (χ0n) is 13.4. The second-order valence-electron chi connectivity index (χ2n) is 5.71. The molecule has 0 aliphatic carbocycles. The normalized spacial score (nSPS) is 12.1. The zero-order valence-corrected chi connectivity index (χ0v) is 13.4. The Morgan fingerprint density at radius 3 is 2.30 bits per heavy atom. The summed E-state index contributed by atoms with van der Waals surface area (Å²) in [5, 5.41) is 11.8. The molecule has 0 radical (unpaired) electrons. The first-order valence-electron chi connectivity index (χ1n) is 7.64. The van der Waals surface area contributed by atoms with Crippen LogP contribution in [0.5, 0.6) is 0 Å². The van der Waals surface area contributed by atoms with E-state index in [0.29, 0.717) is 11.5 Å². The second kappa shape index (κ2) is 7.95. The number of nitriles is 1. The van der Waals surface area contributed by atoms with Crippen molar-refractivity contribution in [3.8, 4) is 6.07 Å². The maximum Gasteiger partial charge on any atom is 0.244 e. The predicted octanol–water partition coefficient (Wildman–Crippen LogP) is 4.08. The Bertz CT molecular complexity index is 710. The van der Waals surface area contributed by atoms with Gasteiger partial charge in [0.15, 0.2) is 0 Å². The predicted molar refractivity (Wildman–Crippen MR) is 92.4 cm³/mol. The van der Waals surface area contributed by atoms with Crippen molar-refractivity contribution in [2.24, 2.45) is 5.92 Å². The molecule has 2 aromatic carbocycles. The molecule has 0 bridgehead atoms. The topological polar surface area (TPSA) is 52.9 Å². The Labute approximate surface area is 137 Å². The van der Waals surface area contributed by atoms with Crippen LogP contribution in [0.1, 0.15) is 36.6 Å². The van der Waals surface area contributed by atoms with E-state index in [1.165, 1.54) is 6.08 Å². The van der Waals surface area contributed by atoms with Crippen LogP contribution in [0.4, 0.5) is 0 Å². The van der Waals surface area contributed by atoms with Gasteiger partial charge in [-0.3, -0.25) is 4.79 Å². The third-order valence-corrected chi connectivity index (χ3v) is 3.59. The van der Waals surface area contributed by atoms with Crippen LogP contribution in [-0.4, -0.2) is 5.91 Å². The SMILES string of the molecule is CC(C)C(NC(=O)/C=C/c1ccc(C#N)cc1)c1ccccc1. The van der Waals surface area contributed by atoms with Crippen LogP contribution in [0.3, 0.4) is 0 Å². The molecular formula is C20H20N2O. The van der Waals surface area contributed by atoms with Gasteiger partial charge in [-0.25, -0.2) is 0 Å². The summed E-state index contributed by atoms with van der Waals surface area (Å²) in [5.41, 5.74) is 2.60. The maximum absolute atomic E-state index is 12.2. The summed E-state index contributed by atoms with van der Waals surface area (Å²) in [6.07, 6.45) is 3.28. The molecule has 2 aromatic rings. The number of nitrogens with one attached hydrogen (secondary N) is 1. The van der Waals surface area contributed by atoms with Gasteiger partial charge in [0.05, 0.1) is 17.7 Å². The van der Waals surface area contributed by atoms with Crippen LogP contribution < -0.4 is 5.32 Å². The number of hydrogen-bond donors (Lipinski definition) is 1. The molecule has 3 nitrogen and oxygen atoms in total. The van der Waals surface area contributed by atoms with E-state index in [9.17, 15) is 4.79 Å². The number of carbonyl (C=O) groups is 1. The highest BCUT2D eigenvalue weighted by atomic mass is 16.1. The Kier molecular flexibility index (Phi) is 5.71. The van der Waals surface area contributed by atoms with E-state index in [1.807, 2.05) is 42.5 Å². The molecule has 116 valence electrons. The van der Waals surface area contributed by atoms with Crippen molar-refractivity contribution >= 4 is 12.0 Å². The van der Waals surface area contributed by atoms with Gasteiger partial charge in [0, 0.05) is 6.08 Å². The molecule has 2 rings (SSSR count). The van der Waals surface area contributed by atoms with E-state index in [2.05, 4.69) is 25.2 Å². The smallest absolute Gasteiger partial charge is 0.244 e. The number of rotatable bonds is 5. The monoisotopic (exact) mass is 304 g/mol.